The molecule has 0 saturated heterocycles. The average Bonchev–Trinajstić information content (AvgIpc) is 3.07. The van der Waals surface area contributed by atoms with E-state index in [-0.39, 0.29) is 11.3 Å². The Bertz CT molecular complexity index is 776. The Morgan fingerprint density at radius 3 is 2.64 bits per heavy atom. The Hall–Kier alpha value is -2.70. The number of nitrogens with zero attached hydrogens (tertiary/aromatic N) is 2. The van der Waals surface area contributed by atoms with E-state index in [9.17, 15) is 13.2 Å². The number of aryl methyl sites for hydroxylation is 1. The van der Waals surface area contributed by atoms with Crippen LogP contribution in [0.4, 0.5) is 0 Å². The third kappa shape index (κ3) is 4.15. The van der Waals surface area contributed by atoms with E-state index in [0.717, 1.165) is 11.8 Å². The molecule has 2 rings (SSSR count). The summed E-state index contributed by atoms with van der Waals surface area (Å²) in [5, 5.41) is 14.6. The summed E-state index contributed by atoms with van der Waals surface area (Å²) in [5.41, 5.74) is 3.56. The first-order valence-electron chi connectivity index (χ1n) is 6.30. The summed E-state index contributed by atoms with van der Waals surface area (Å²) in [5.74, 6) is -0.462. The zero-order chi connectivity index (χ0) is 16.0. The highest BCUT2D eigenvalue weighted by Gasteiger charge is 2.15. The summed E-state index contributed by atoms with van der Waals surface area (Å²) < 4.78 is 23.5. The lowest BCUT2D eigenvalue weighted by molar-refractivity contribution is -0.121. The molecule has 1 amide bonds. The smallest absolute Gasteiger partial charge is 0.260 e. The first-order valence-corrected chi connectivity index (χ1v) is 7.78. The molecule has 0 fully saturated rings. The predicted molar refractivity (Wildman–Crippen MR) is 76.5 cm³/mol. The van der Waals surface area contributed by atoms with Crippen molar-refractivity contribution in [2.45, 2.75) is 17.7 Å². The molecule has 1 aromatic heterocycles. The Labute approximate surface area is 127 Å². The molecule has 0 atom stereocenters. The summed E-state index contributed by atoms with van der Waals surface area (Å²) >= 11 is 0. The number of aromatic amines is 1. The fourth-order valence-electron chi connectivity index (χ4n) is 1.64. The minimum atomic E-state index is -3.82. The normalized spacial score (nSPS) is 10.9. The van der Waals surface area contributed by atoms with Crippen LogP contribution in [0.25, 0.3) is 0 Å². The molecule has 9 heteroatoms. The third-order valence-corrected chi connectivity index (χ3v) is 4.05. The molecule has 0 bridgehead atoms. The number of nitrogens with one attached hydrogen (secondary N) is 3. The maximum atomic E-state index is 11.7. The monoisotopic (exact) mass is 319 g/mol. The van der Waals surface area contributed by atoms with E-state index in [0.29, 0.717) is 12.0 Å². The van der Waals surface area contributed by atoms with E-state index in [4.69, 9.17) is 5.26 Å². The molecule has 0 aliphatic rings. The fourth-order valence-corrected chi connectivity index (χ4v) is 2.40. The molecular formula is C13H13N5O3S. The van der Waals surface area contributed by atoms with Crippen LogP contribution in [0.5, 0.6) is 0 Å². The van der Waals surface area contributed by atoms with Gasteiger partial charge in [-0.3, -0.25) is 15.3 Å². The molecule has 0 unspecified atom stereocenters. The standard InChI is InChI=1S/C13H13N5O3S/c14-7-11-3-1-10(2-4-11)5-6-13(19)17-18-22(20,21)12-8-15-16-9-12/h1-4,8-9,18H,5-6H2,(H,15,16)(H,17,19). The van der Waals surface area contributed by atoms with Crippen molar-refractivity contribution in [1.82, 2.24) is 20.5 Å². The van der Waals surface area contributed by atoms with Gasteiger partial charge in [0.2, 0.25) is 5.91 Å². The van der Waals surface area contributed by atoms with Crippen molar-refractivity contribution in [1.29, 1.82) is 5.26 Å². The summed E-state index contributed by atoms with van der Waals surface area (Å²) in [6.45, 7) is 0. The third-order valence-electron chi connectivity index (χ3n) is 2.83. The second kappa shape index (κ2) is 6.84. The molecule has 0 spiro atoms. The first kappa shape index (κ1) is 15.7. The van der Waals surface area contributed by atoms with Gasteiger partial charge in [-0.05, 0) is 24.1 Å². The van der Waals surface area contributed by atoms with Crippen LogP contribution in [-0.4, -0.2) is 24.5 Å². The molecule has 22 heavy (non-hydrogen) atoms. The van der Waals surface area contributed by atoms with Crippen LogP contribution in [0.1, 0.15) is 17.5 Å². The van der Waals surface area contributed by atoms with E-state index < -0.39 is 15.9 Å². The summed E-state index contributed by atoms with van der Waals surface area (Å²) in [7, 11) is -3.82. The molecule has 3 N–H and O–H groups in total. The van der Waals surface area contributed by atoms with Gasteiger partial charge in [-0.2, -0.15) is 10.4 Å². The van der Waals surface area contributed by atoms with Gasteiger partial charge in [0.1, 0.15) is 4.90 Å². The zero-order valence-electron chi connectivity index (χ0n) is 11.4. The molecule has 0 aliphatic heterocycles. The maximum Gasteiger partial charge on any atom is 0.260 e. The number of aromatic nitrogens is 2. The van der Waals surface area contributed by atoms with Crippen LogP contribution in [0.2, 0.25) is 0 Å². The van der Waals surface area contributed by atoms with Gasteiger partial charge in [-0.15, -0.1) is 4.83 Å². The SMILES string of the molecule is N#Cc1ccc(CCC(=O)NNS(=O)(=O)c2cn[nH]c2)cc1. The van der Waals surface area contributed by atoms with Gasteiger partial charge >= 0.3 is 0 Å². The van der Waals surface area contributed by atoms with E-state index in [2.05, 4.69) is 15.6 Å². The number of hydrogen-bond acceptors (Lipinski definition) is 5. The Kier molecular flexibility index (Phi) is 4.88. The van der Waals surface area contributed by atoms with E-state index in [1.54, 1.807) is 24.3 Å². The molecule has 0 radical (unpaired) electrons. The second-order valence-corrected chi connectivity index (χ2v) is 6.08. The van der Waals surface area contributed by atoms with Crippen molar-refractivity contribution in [3.63, 3.8) is 0 Å². The fraction of sp³-hybridized carbons (Fsp3) is 0.154. The van der Waals surface area contributed by atoms with Crippen molar-refractivity contribution in [3.8, 4) is 6.07 Å². The van der Waals surface area contributed by atoms with Gasteiger partial charge in [0, 0.05) is 12.6 Å². The lowest BCUT2D eigenvalue weighted by Gasteiger charge is -2.07. The molecule has 1 aromatic carbocycles. The number of benzene rings is 1. The van der Waals surface area contributed by atoms with Crippen molar-refractivity contribution < 1.29 is 13.2 Å². The summed E-state index contributed by atoms with van der Waals surface area (Å²) in [6, 6.07) is 8.83. The van der Waals surface area contributed by atoms with Crippen LogP contribution < -0.4 is 10.3 Å². The quantitative estimate of drug-likeness (QED) is 0.656. The number of nitriles is 1. The van der Waals surface area contributed by atoms with Crippen LogP contribution in [0.3, 0.4) is 0 Å². The largest absolute Gasteiger partial charge is 0.284 e. The highest BCUT2D eigenvalue weighted by atomic mass is 32.2. The molecular weight excluding hydrogens is 306 g/mol. The molecule has 0 aliphatic carbocycles. The highest BCUT2D eigenvalue weighted by Crippen LogP contribution is 2.06. The minimum absolute atomic E-state index is 0.0695. The molecule has 0 saturated carbocycles. The zero-order valence-corrected chi connectivity index (χ0v) is 12.2. The second-order valence-electron chi connectivity index (χ2n) is 4.40. The Morgan fingerprint density at radius 1 is 1.32 bits per heavy atom. The van der Waals surface area contributed by atoms with E-state index in [1.165, 1.54) is 6.20 Å². The molecule has 1 heterocycles. The number of hydrogen-bond donors (Lipinski definition) is 3. The Morgan fingerprint density at radius 2 is 2.05 bits per heavy atom. The van der Waals surface area contributed by atoms with Gasteiger partial charge in [0.05, 0.1) is 17.8 Å². The lowest BCUT2D eigenvalue weighted by atomic mass is 10.1. The minimum Gasteiger partial charge on any atom is -0.284 e. The van der Waals surface area contributed by atoms with Gasteiger partial charge < -0.3 is 0 Å². The maximum absolute atomic E-state index is 11.7. The highest BCUT2D eigenvalue weighted by molar-refractivity contribution is 7.89. The van der Waals surface area contributed by atoms with Crippen molar-refractivity contribution in [3.05, 3.63) is 47.8 Å². The number of carbonyl (C=O) groups excluding carboxylic acids is 1. The van der Waals surface area contributed by atoms with Crippen LogP contribution >= 0.6 is 0 Å². The summed E-state index contributed by atoms with van der Waals surface area (Å²) in [4.78, 5) is 13.6. The molecule has 8 nitrogen and oxygen atoms in total. The van der Waals surface area contributed by atoms with Gasteiger partial charge in [-0.1, -0.05) is 12.1 Å². The average molecular weight is 319 g/mol. The predicted octanol–water partition coefficient (Wildman–Crippen LogP) is 0.224. The molecule has 2 aromatic rings. The number of sulfonamides is 1. The lowest BCUT2D eigenvalue weighted by Crippen LogP contribution is -2.41. The van der Waals surface area contributed by atoms with Crippen molar-refractivity contribution >= 4 is 15.9 Å². The van der Waals surface area contributed by atoms with Crippen molar-refractivity contribution in [2.75, 3.05) is 0 Å². The number of amides is 1. The number of rotatable bonds is 6. The Balaban J connectivity index is 1.82. The number of hydrazine groups is 1. The number of H-pyrrole nitrogens is 1. The molecule has 114 valence electrons. The van der Waals surface area contributed by atoms with Crippen LogP contribution in [0, 0.1) is 11.3 Å². The van der Waals surface area contributed by atoms with Gasteiger partial charge in [0.15, 0.2) is 0 Å². The van der Waals surface area contributed by atoms with E-state index >= 15 is 0 Å². The van der Waals surface area contributed by atoms with Gasteiger partial charge in [-0.25, -0.2) is 8.42 Å². The van der Waals surface area contributed by atoms with Crippen molar-refractivity contribution in [2.24, 2.45) is 0 Å². The summed E-state index contributed by atoms with van der Waals surface area (Å²) in [6.07, 6.45) is 2.88. The number of carbonyl (C=O) groups is 1. The first-order chi connectivity index (χ1) is 10.5. The van der Waals surface area contributed by atoms with Gasteiger partial charge in [0.25, 0.3) is 10.0 Å². The van der Waals surface area contributed by atoms with Crippen LogP contribution in [-0.2, 0) is 21.2 Å². The van der Waals surface area contributed by atoms with Crippen LogP contribution in [0.15, 0.2) is 41.6 Å². The van der Waals surface area contributed by atoms with E-state index in [1.807, 2.05) is 10.9 Å². The topological polar surface area (TPSA) is 128 Å².